The first-order chi connectivity index (χ1) is 12.3. The Morgan fingerprint density at radius 1 is 1.26 bits per heavy atom. The van der Waals surface area contributed by atoms with Gasteiger partial charge in [0.15, 0.2) is 0 Å². The molecule has 27 heavy (non-hydrogen) atoms. The van der Waals surface area contributed by atoms with E-state index in [-0.39, 0.29) is 23.5 Å². The normalized spacial score (nSPS) is 20.7. The standard InChI is InChI=1S/C20H34N4O3/c1-9-16-14(12-21-24(16)19(3,4)5)17(25)23-11-10-15(13(23)2)22-18(26)27-20(6,7)8/h12-13,15H,9-11H2,1-8H3,(H,22,26)/t13-,15-/m0/s1. The molecule has 1 saturated heterocycles. The van der Waals surface area contributed by atoms with E-state index in [1.165, 1.54) is 0 Å². The van der Waals surface area contributed by atoms with E-state index in [9.17, 15) is 9.59 Å². The first-order valence-corrected chi connectivity index (χ1v) is 9.73. The van der Waals surface area contributed by atoms with Crippen LogP contribution in [0.1, 0.15) is 77.9 Å². The fourth-order valence-electron chi connectivity index (χ4n) is 3.50. The van der Waals surface area contributed by atoms with Crippen LogP contribution in [-0.4, -0.2) is 50.9 Å². The van der Waals surface area contributed by atoms with Crippen molar-refractivity contribution in [2.45, 2.75) is 91.5 Å². The third kappa shape index (κ3) is 4.82. The molecule has 0 radical (unpaired) electrons. The van der Waals surface area contributed by atoms with Gasteiger partial charge in [-0.3, -0.25) is 9.48 Å². The van der Waals surface area contributed by atoms with Crippen molar-refractivity contribution in [3.8, 4) is 0 Å². The van der Waals surface area contributed by atoms with Gasteiger partial charge >= 0.3 is 6.09 Å². The highest BCUT2D eigenvalue weighted by molar-refractivity contribution is 5.95. The molecule has 2 heterocycles. The van der Waals surface area contributed by atoms with Crippen LogP contribution in [-0.2, 0) is 16.7 Å². The Labute approximate surface area is 162 Å². The summed E-state index contributed by atoms with van der Waals surface area (Å²) in [7, 11) is 0. The molecule has 1 N–H and O–H groups in total. The number of alkyl carbamates (subject to hydrolysis) is 1. The van der Waals surface area contributed by atoms with Crippen LogP contribution in [0.2, 0.25) is 0 Å². The van der Waals surface area contributed by atoms with E-state index in [1.54, 1.807) is 6.20 Å². The summed E-state index contributed by atoms with van der Waals surface area (Å²) in [6.07, 6.45) is 2.68. The smallest absolute Gasteiger partial charge is 0.407 e. The first kappa shape index (κ1) is 21.3. The van der Waals surface area contributed by atoms with E-state index >= 15 is 0 Å². The fourth-order valence-corrected chi connectivity index (χ4v) is 3.50. The average Bonchev–Trinajstić information content (AvgIpc) is 3.09. The second-order valence-electron chi connectivity index (χ2n) is 9.22. The van der Waals surface area contributed by atoms with E-state index in [2.05, 4.69) is 31.2 Å². The lowest BCUT2D eigenvalue weighted by Crippen LogP contribution is -2.46. The van der Waals surface area contributed by atoms with E-state index < -0.39 is 11.7 Å². The molecule has 0 aromatic carbocycles. The SMILES string of the molecule is CCc1c(C(=O)N2CC[C@H](NC(=O)OC(C)(C)C)[C@@H]2C)cnn1C(C)(C)C. The van der Waals surface area contributed by atoms with Crippen LogP contribution in [0.5, 0.6) is 0 Å². The van der Waals surface area contributed by atoms with Gasteiger partial charge in [0.2, 0.25) is 0 Å². The lowest BCUT2D eigenvalue weighted by molar-refractivity contribution is 0.0485. The molecule has 7 nitrogen and oxygen atoms in total. The molecule has 1 aliphatic rings. The zero-order chi connectivity index (χ0) is 20.6. The second kappa shape index (κ2) is 7.52. The summed E-state index contributed by atoms with van der Waals surface area (Å²) in [5.74, 6) is -0.0247. The highest BCUT2D eigenvalue weighted by Crippen LogP contribution is 2.25. The zero-order valence-corrected chi connectivity index (χ0v) is 17.9. The Morgan fingerprint density at radius 2 is 1.89 bits per heavy atom. The van der Waals surface area contributed by atoms with Gasteiger partial charge in [0.25, 0.3) is 5.91 Å². The van der Waals surface area contributed by atoms with Crippen LogP contribution in [0.15, 0.2) is 6.20 Å². The molecule has 0 spiro atoms. The molecule has 1 fully saturated rings. The molecule has 2 rings (SSSR count). The number of likely N-dealkylation sites (tertiary alicyclic amines) is 1. The summed E-state index contributed by atoms with van der Waals surface area (Å²) >= 11 is 0. The number of ether oxygens (including phenoxy) is 1. The third-order valence-corrected chi connectivity index (χ3v) is 4.79. The molecule has 1 aliphatic heterocycles. The van der Waals surface area contributed by atoms with Crippen LogP contribution < -0.4 is 5.32 Å². The number of aromatic nitrogens is 2. The molecule has 2 amide bonds. The number of rotatable bonds is 3. The van der Waals surface area contributed by atoms with Crippen molar-refractivity contribution in [2.75, 3.05) is 6.54 Å². The predicted molar refractivity (Wildman–Crippen MR) is 105 cm³/mol. The van der Waals surface area contributed by atoms with Crippen molar-refractivity contribution in [2.24, 2.45) is 0 Å². The molecular weight excluding hydrogens is 344 g/mol. The van der Waals surface area contributed by atoms with E-state index in [4.69, 9.17) is 4.74 Å². The Hall–Kier alpha value is -2.05. The Kier molecular flexibility index (Phi) is 5.92. The molecule has 0 unspecified atom stereocenters. The minimum atomic E-state index is -0.543. The van der Waals surface area contributed by atoms with Gasteiger partial charge in [0.05, 0.1) is 29.0 Å². The highest BCUT2D eigenvalue weighted by Gasteiger charge is 2.37. The molecule has 0 saturated carbocycles. The summed E-state index contributed by atoms with van der Waals surface area (Å²) in [4.78, 5) is 27.1. The van der Waals surface area contributed by atoms with Gasteiger partial charge in [0, 0.05) is 12.6 Å². The second-order valence-corrected chi connectivity index (χ2v) is 9.22. The molecule has 1 aromatic heterocycles. The van der Waals surface area contributed by atoms with Crippen LogP contribution >= 0.6 is 0 Å². The van der Waals surface area contributed by atoms with Crippen LogP contribution in [0.4, 0.5) is 4.79 Å². The maximum absolute atomic E-state index is 13.2. The first-order valence-electron chi connectivity index (χ1n) is 9.73. The van der Waals surface area contributed by atoms with Gasteiger partial charge in [0.1, 0.15) is 5.60 Å². The fraction of sp³-hybridized carbons (Fsp3) is 0.750. The van der Waals surface area contributed by atoms with E-state index in [0.717, 1.165) is 12.1 Å². The summed E-state index contributed by atoms with van der Waals surface area (Å²) in [6, 6.07) is -0.223. The number of nitrogens with zero attached hydrogens (tertiary/aromatic N) is 3. The Bertz CT molecular complexity index is 697. The van der Waals surface area contributed by atoms with Gasteiger partial charge in [-0.15, -0.1) is 0 Å². The number of nitrogens with one attached hydrogen (secondary N) is 1. The van der Waals surface area contributed by atoms with E-state index in [1.807, 2.05) is 44.2 Å². The lowest BCUT2D eigenvalue weighted by atomic mass is 10.1. The third-order valence-electron chi connectivity index (χ3n) is 4.79. The van der Waals surface area contributed by atoms with Gasteiger partial charge in [-0.05, 0) is 61.3 Å². The topological polar surface area (TPSA) is 76.5 Å². The molecule has 7 heteroatoms. The monoisotopic (exact) mass is 378 g/mol. The number of carbonyl (C=O) groups is 2. The number of amides is 2. The molecule has 2 atom stereocenters. The Morgan fingerprint density at radius 3 is 2.41 bits per heavy atom. The van der Waals surface area contributed by atoms with Gasteiger partial charge in [-0.25, -0.2) is 4.79 Å². The van der Waals surface area contributed by atoms with Crippen molar-refractivity contribution < 1.29 is 14.3 Å². The summed E-state index contributed by atoms with van der Waals surface area (Å²) < 4.78 is 7.27. The molecule has 1 aromatic rings. The number of hydrogen-bond acceptors (Lipinski definition) is 4. The van der Waals surface area contributed by atoms with Gasteiger partial charge in [-0.1, -0.05) is 6.92 Å². The van der Waals surface area contributed by atoms with Crippen LogP contribution in [0.25, 0.3) is 0 Å². The van der Waals surface area contributed by atoms with E-state index in [0.29, 0.717) is 18.5 Å². The van der Waals surface area contributed by atoms with Crippen molar-refractivity contribution >= 4 is 12.0 Å². The lowest BCUT2D eigenvalue weighted by Gasteiger charge is -2.27. The minimum absolute atomic E-state index is 0.0247. The molecule has 0 bridgehead atoms. The highest BCUT2D eigenvalue weighted by atomic mass is 16.6. The maximum atomic E-state index is 13.2. The zero-order valence-electron chi connectivity index (χ0n) is 17.9. The summed E-state index contributed by atoms with van der Waals surface area (Å²) in [5.41, 5.74) is 0.876. The number of carbonyl (C=O) groups excluding carboxylic acids is 2. The quantitative estimate of drug-likeness (QED) is 0.875. The van der Waals surface area contributed by atoms with Crippen molar-refractivity contribution in [1.82, 2.24) is 20.0 Å². The Balaban J connectivity index is 2.13. The van der Waals surface area contributed by atoms with Gasteiger partial charge in [-0.2, -0.15) is 5.10 Å². The van der Waals surface area contributed by atoms with Crippen molar-refractivity contribution in [1.29, 1.82) is 0 Å². The van der Waals surface area contributed by atoms with Crippen LogP contribution in [0.3, 0.4) is 0 Å². The van der Waals surface area contributed by atoms with Gasteiger partial charge < -0.3 is 15.0 Å². The molecule has 0 aliphatic carbocycles. The molecule has 152 valence electrons. The summed E-state index contributed by atoms with van der Waals surface area (Å²) in [6.45, 7) is 16.3. The minimum Gasteiger partial charge on any atom is -0.444 e. The van der Waals surface area contributed by atoms with Crippen molar-refractivity contribution in [3.63, 3.8) is 0 Å². The summed E-state index contributed by atoms with van der Waals surface area (Å²) in [5, 5.41) is 7.37. The predicted octanol–water partition coefficient (Wildman–Crippen LogP) is 3.33. The largest absolute Gasteiger partial charge is 0.444 e. The number of hydrogen-bond donors (Lipinski definition) is 1. The van der Waals surface area contributed by atoms with Crippen LogP contribution in [0, 0.1) is 0 Å². The maximum Gasteiger partial charge on any atom is 0.407 e. The average molecular weight is 379 g/mol. The molecular formula is C20H34N4O3. The van der Waals surface area contributed by atoms with Crippen molar-refractivity contribution in [3.05, 3.63) is 17.5 Å².